The molecule has 136 valence electrons. The number of benzene rings is 1. The maximum absolute atomic E-state index is 13.4. The van der Waals surface area contributed by atoms with E-state index < -0.39 is 17.2 Å². The third kappa shape index (κ3) is 3.52. The molecule has 0 saturated carbocycles. The molecule has 27 heavy (non-hydrogen) atoms. The monoisotopic (exact) mass is 367 g/mol. The molecule has 0 N–H and O–H groups in total. The smallest absolute Gasteiger partial charge is 0.290 e. The quantitative estimate of drug-likeness (QED) is 0.534. The van der Waals surface area contributed by atoms with Crippen molar-refractivity contribution in [3.63, 3.8) is 0 Å². The Balaban J connectivity index is 1.70. The average molecular weight is 367 g/mol. The summed E-state index contributed by atoms with van der Waals surface area (Å²) in [5, 5.41) is 0.0789. The highest BCUT2D eigenvalue weighted by Crippen LogP contribution is 2.18. The third-order valence-electron chi connectivity index (χ3n) is 4.04. The van der Waals surface area contributed by atoms with Gasteiger partial charge < -0.3 is 18.2 Å². The van der Waals surface area contributed by atoms with E-state index in [0.717, 1.165) is 12.1 Å². The summed E-state index contributed by atoms with van der Waals surface area (Å²) in [5.41, 5.74) is -0.349. The number of rotatable bonds is 5. The molecule has 4 rings (SSSR count). The number of furan rings is 2. The van der Waals surface area contributed by atoms with Crippen molar-refractivity contribution in [2.75, 3.05) is 0 Å². The Morgan fingerprint density at radius 3 is 2.22 bits per heavy atom. The zero-order valence-corrected chi connectivity index (χ0v) is 14.1. The number of amides is 1. The van der Waals surface area contributed by atoms with Crippen molar-refractivity contribution in [1.29, 1.82) is 0 Å². The van der Waals surface area contributed by atoms with E-state index in [1.165, 1.54) is 29.6 Å². The van der Waals surface area contributed by atoms with Crippen molar-refractivity contribution in [2.45, 2.75) is 13.1 Å². The van der Waals surface area contributed by atoms with E-state index in [9.17, 15) is 14.0 Å². The molecular formula is C20H14FNO5. The number of nitrogens with zero attached hydrogens (tertiary/aromatic N) is 1. The normalized spacial score (nSPS) is 11.0. The van der Waals surface area contributed by atoms with Crippen molar-refractivity contribution >= 4 is 16.9 Å². The molecule has 0 aliphatic heterocycles. The first-order valence-electron chi connectivity index (χ1n) is 8.17. The Labute approximate surface area is 152 Å². The molecular weight excluding hydrogens is 353 g/mol. The first kappa shape index (κ1) is 16.8. The minimum Gasteiger partial charge on any atom is -0.467 e. The number of halogens is 1. The van der Waals surface area contributed by atoms with Gasteiger partial charge in [-0.25, -0.2) is 4.39 Å². The topological polar surface area (TPSA) is 76.8 Å². The van der Waals surface area contributed by atoms with Crippen molar-refractivity contribution in [1.82, 2.24) is 4.90 Å². The first-order valence-corrected chi connectivity index (χ1v) is 8.17. The maximum atomic E-state index is 13.4. The summed E-state index contributed by atoms with van der Waals surface area (Å²) in [5.74, 6) is -0.0605. The molecule has 0 aliphatic rings. The van der Waals surface area contributed by atoms with Gasteiger partial charge in [0.2, 0.25) is 0 Å². The van der Waals surface area contributed by atoms with Crippen LogP contribution in [0.3, 0.4) is 0 Å². The molecule has 0 bridgehead atoms. The molecule has 3 aromatic heterocycles. The van der Waals surface area contributed by atoms with E-state index >= 15 is 0 Å². The van der Waals surface area contributed by atoms with Crippen LogP contribution in [0.4, 0.5) is 4.39 Å². The van der Waals surface area contributed by atoms with Gasteiger partial charge in [0.25, 0.3) is 5.91 Å². The summed E-state index contributed by atoms with van der Waals surface area (Å²) in [6, 6.07) is 11.6. The van der Waals surface area contributed by atoms with Gasteiger partial charge >= 0.3 is 0 Å². The lowest BCUT2D eigenvalue weighted by Crippen LogP contribution is -2.30. The Bertz CT molecular complexity index is 1090. The molecule has 0 radical (unpaired) electrons. The predicted octanol–water partition coefficient (Wildman–Crippen LogP) is 3.96. The molecule has 4 aromatic rings. The molecule has 1 amide bonds. The summed E-state index contributed by atoms with van der Waals surface area (Å²) in [7, 11) is 0. The van der Waals surface area contributed by atoms with Crippen LogP contribution >= 0.6 is 0 Å². The van der Waals surface area contributed by atoms with Crippen LogP contribution in [0.2, 0.25) is 0 Å². The summed E-state index contributed by atoms with van der Waals surface area (Å²) >= 11 is 0. The zero-order valence-electron chi connectivity index (χ0n) is 14.1. The standard InChI is InChI=1S/C20H14FNO5/c21-13-5-6-18-16(9-13)17(23)10-19(27-18)20(24)22(11-14-3-1-7-25-14)12-15-4-2-8-26-15/h1-10H,11-12H2. The highest BCUT2D eigenvalue weighted by Gasteiger charge is 2.22. The van der Waals surface area contributed by atoms with Gasteiger partial charge in [-0.1, -0.05) is 0 Å². The van der Waals surface area contributed by atoms with E-state index in [1.807, 2.05) is 0 Å². The molecule has 0 fully saturated rings. The van der Waals surface area contributed by atoms with Crippen molar-refractivity contribution < 1.29 is 22.4 Å². The van der Waals surface area contributed by atoms with E-state index in [4.69, 9.17) is 13.3 Å². The van der Waals surface area contributed by atoms with Gasteiger partial charge in [-0.05, 0) is 42.5 Å². The van der Waals surface area contributed by atoms with Crippen LogP contribution in [0.25, 0.3) is 11.0 Å². The van der Waals surface area contributed by atoms with E-state index in [0.29, 0.717) is 11.5 Å². The fourth-order valence-corrected chi connectivity index (χ4v) is 2.77. The minimum absolute atomic E-state index is 0.0789. The molecule has 3 heterocycles. The van der Waals surface area contributed by atoms with Gasteiger partial charge in [0, 0.05) is 6.07 Å². The van der Waals surface area contributed by atoms with Crippen LogP contribution in [0.15, 0.2) is 79.1 Å². The van der Waals surface area contributed by atoms with E-state index in [2.05, 4.69) is 0 Å². The van der Waals surface area contributed by atoms with Gasteiger partial charge in [0.1, 0.15) is 22.9 Å². The Morgan fingerprint density at radius 1 is 0.963 bits per heavy atom. The Morgan fingerprint density at radius 2 is 1.63 bits per heavy atom. The van der Waals surface area contributed by atoms with Crippen molar-refractivity contribution in [2.24, 2.45) is 0 Å². The summed E-state index contributed by atoms with van der Waals surface area (Å²) < 4.78 is 29.5. The largest absolute Gasteiger partial charge is 0.467 e. The summed E-state index contributed by atoms with van der Waals surface area (Å²) in [6.45, 7) is 0.329. The number of carbonyl (C=O) groups is 1. The molecule has 6 nitrogen and oxygen atoms in total. The van der Waals surface area contributed by atoms with Gasteiger partial charge in [-0.2, -0.15) is 0 Å². The minimum atomic E-state index is -0.550. The second-order valence-electron chi connectivity index (χ2n) is 5.94. The van der Waals surface area contributed by atoms with Crippen LogP contribution in [0.1, 0.15) is 22.1 Å². The van der Waals surface area contributed by atoms with Gasteiger partial charge in [0.05, 0.1) is 31.0 Å². The number of hydrogen-bond donors (Lipinski definition) is 0. The highest BCUT2D eigenvalue weighted by molar-refractivity contribution is 5.93. The van der Waals surface area contributed by atoms with Crippen LogP contribution in [0, 0.1) is 5.82 Å². The third-order valence-corrected chi connectivity index (χ3v) is 4.04. The number of fused-ring (bicyclic) bond motifs is 1. The lowest BCUT2D eigenvalue weighted by Gasteiger charge is -2.20. The molecule has 0 atom stereocenters. The molecule has 7 heteroatoms. The number of carbonyl (C=O) groups excluding carboxylic acids is 1. The lowest BCUT2D eigenvalue weighted by molar-refractivity contribution is 0.0673. The molecule has 0 unspecified atom stereocenters. The molecule has 1 aromatic carbocycles. The van der Waals surface area contributed by atoms with Crippen LogP contribution in [-0.4, -0.2) is 10.8 Å². The summed E-state index contributed by atoms with van der Waals surface area (Å²) in [4.78, 5) is 26.7. The second kappa shape index (κ2) is 6.95. The van der Waals surface area contributed by atoms with E-state index in [-0.39, 0.29) is 29.8 Å². The SMILES string of the molecule is O=C(c1cc(=O)c2cc(F)ccc2o1)N(Cc1ccco1)Cc1ccco1. The predicted molar refractivity (Wildman–Crippen MR) is 93.4 cm³/mol. The van der Waals surface area contributed by atoms with Crippen molar-refractivity contribution in [3.8, 4) is 0 Å². The Kier molecular flexibility index (Phi) is 4.33. The highest BCUT2D eigenvalue weighted by atomic mass is 19.1. The van der Waals surface area contributed by atoms with Crippen LogP contribution < -0.4 is 5.43 Å². The lowest BCUT2D eigenvalue weighted by atomic mass is 10.2. The van der Waals surface area contributed by atoms with E-state index in [1.54, 1.807) is 24.3 Å². The average Bonchev–Trinajstić information content (AvgIpc) is 3.35. The van der Waals surface area contributed by atoms with Crippen molar-refractivity contribution in [3.05, 3.63) is 94.4 Å². The molecule has 0 spiro atoms. The van der Waals surface area contributed by atoms with Gasteiger partial charge in [-0.3, -0.25) is 9.59 Å². The zero-order chi connectivity index (χ0) is 18.8. The summed E-state index contributed by atoms with van der Waals surface area (Å²) in [6.07, 6.45) is 3.02. The second-order valence-corrected chi connectivity index (χ2v) is 5.94. The van der Waals surface area contributed by atoms with Crippen LogP contribution in [0.5, 0.6) is 0 Å². The first-order chi connectivity index (χ1) is 13.1. The number of hydrogen-bond acceptors (Lipinski definition) is 5. The molecule has 0 saturated heterocycles. The Hall–Kier alpha value is -3.61. The maximum Gasteiger partial charge on any atom is 0.290 e. The fourth-order valence-electron chi connectivity index (χ4n) is 2.77. The van der Waals surface area contributed by atoms with Crippen LogP contribution in [-0.2, 0) is 13.1 Å². The van der Waals surface area contributed by atoms with Gasteiger partial charge in [-0.15, -0.1) is 0 Å². The van der Waals surface area contributed by atoms with Gasteiger partial charge in [0.15, 0.2) is 11.2 Å². The fraction of sp³-hybridized carbons (Fsp3) is 0.100. The molecule has 0 aliphatic carbocycles.